The Morgan fingerprint density at radius 3 is 2.87 bits per heavy atom. The summed E-state index contributed by atoms with van der Waals surface area (Å²) in [5.74, 6) is 0.0637. The van der Waals surface area contributed by atoms with Gasteiger partial charge in [0, 0.05) is 23.2 Å². The summed E-state index contributed by atoms with van der Waals surface area (Å²) in [5, 5.41) is 0.876. The molecule has 2 aromatic rings. The molecule has 0 radical (unpaired) electrons. The molecular formula is C11H8BrNOS. The summed E-state index contributed by atoms with van der Waals surface area (Å²) in [5.41, 5.74) is 1.03. The van der Waals surface area contributed by atoms with E-state index < -0.39 is 0 Å². The van der Waals surface area contributed by atoms with Crippen molar-refractivity contribution in [2.45, 2.75) is 6.92 Å². The van der Waals surface area contributed by atoms with Crippen molar-refractivity contribution in [3.63, 3.8) is 0 Å². The van der Waals surface area contributed by atoms with Gasteiger partial charge < -0.3 is 0 Å². The third kappa shape index (κ3) is 2.33. The van der Waals surface area contributed by atoms with E-state index in [0.29, 0.717) is 4.88 Å². The summed E-state index contributed by atoms with van der Waals surface area (Å²) in [6, 6.07) is 7.88. The van der Waals surface area contributed by atoms with E-state index in [-0.39, 0.29) is 5.78 Å². The summed E-state index contributed by atoms with van der Waals surface area (Å²) in [7, 11) is 0. The zero-order chi connectivity index (χ0) is 10.8. The van der Waals surface area contributed by atoms with Crippen LogP contribution in [-0.4, -0.2) is 10.8 Å². The van der Waals surface area contributed by atoms with Crippen LogP contribution < -0.4 is 0 Å². The minimum atomic E-state index is 0.0637. The molecule has 0 spiro atoms. The summed E-state index contributed by atoms with van der Waals surface area (Å²) in [6.07, 6.45) is 1.63. The second-order valence-electron chi connectivity index (χ2n) is 3.10. The molecule has 0 saturated carbocycles. The molecule has 0 amide bonds. The number of thiazole rings is 1. The number of nitrogens with zero attached hydrogens (tertiary/aromatic N) is 1. The third-order valence-electron chi connectivity index (χ3n) is 1.92. The number of ketones is 1. The fourth-order valence-corrected chi connectivity index (χ4v) is 2.40. The van der Waals surface area contributed by atoms with Gasteiger partial charge in [-0.05, 0) is 12.1 Å². The highest BCUT2D eigenvalue weighted by atomic mass is 79.9. The van der Waals surface area contributed by atoms with E-state index >= 15 is 0 Å². The zero-order valence-corrected chi connectivity index (χ0v) is 10.4. The lowest BCUT2D eigenvalue weighted by molar-refractivity contribution is 0.102. The Hall–Kier alpha value is -1.000. The van der Waals surface area contributed by atoms with Crippen molar-refractivity contribution >= 4 is 33.0 Å². The van der Waals surface area contributed by atoms with E-state index in [0.717, 1.165) is 15.0 Å². The number of hydrogen-bond donors (Lipinski definition) is 0. The highest BCUT2D eigenvalue weighted by molar-refractivity contribution is 9.10. The van der Waals surface area contributed by atoms with E-state index in [9.17, 15) is 4.79 Å². The molecule has 4 heteroatoms. The Bertz CT molecular complexity index is 507. The normalized spacial score (nSPS) is 10.3. The standard InChI is InChI=1S/C11H8BrNOS/c1-7(14)10-6-13-11(15-10)8-3-2-4-9(12)5-8/h2-6H,1H3. The first-order chi connectivity index (χ1) is 7.16. The maximum Gasteiger partial charge on any atom is 0.171 e. The quantitative estimate of drug-likeness (QED) is 0.785. The second kappa shape index (κ2) is 4.24. The van der Waals surface area contributed by atoms with Gasteiger partial charge in [-0.25, -0.2) is 4.98 Å². The van der Waals surface area contributed by atoms with Crippen LogP contribution in [0.4, 0.5) is 0 Å². The predicted octanol–water partition coefficient (Wildman–Crippen LogP) is 3.78. The smallest absolute Gasteiger partial charge is 0.171 e. The molecule has 1 aromatic heterocycles. The Kier molecular flexibility index (Phi) is 2.98. The molecule has 0 aliphatic carbocycles. The summed E-state index contributed by atoms with van der Waals surface area (Å²) in [6.45, 7) is 1.55. The number of aromatic nitrogens is 1. The molecule has 76 valence electrons. The van der Waals surface area contributed by atoms with E-state index in [1.807, 2.05) is 24.3 Å². The molecule has 0 N–H and O–H groups in total. The molecule has 0 atom stereocenters. The monoisotopic (exact) mass is 281 g/mol. The van der Waals surface area contributed by atoms with Crippen LogP contribution in [-0.2, 0) is 0 Å². The third-order valence-corrected chi connectivity index (χ3v) is 3.56. The van der Waals surface area contributed by atoms with Gasteiger partial charge in [0.1, 0.15) is 5.01 Å². The van der Waals surface area contributed by atoms with E-state index in [1.54, 1.807) is 13.1 Å². The molecule has 0 saturated heterocycles. The number of halogens is 1. The molecule has 0 unspecified atom stereocenters. The topological polar surface area (TPSA) is 30.0 Å². The Morgan fingerprint density at radius 2 is 2.27 bits per heavy atom. The molecule has 0 aliphatic heterocycles. The highest BCUT2D eigenvalue weighted by Gasteiger charge is 2.07. The fourth-order valence-electron chi connectivity index (χ4n) is 1.19. The van der Waals surface area contributed by atoms with Crippen LogP contribution in [0.25, 0.3) is 10.6 Å². The van der Waals surface area contributed by atoms with Gasteiger partial charge in [-0.15, -0.1) is 11.3 Å². The molecule has 1 heterocycles. The fraction of sp³-hybridized carbons (Fsp3) is 0.0909. The lowest BCUT2D eigenvalue weighted by Gasteiger charge is -1.95. The number of benzene rings is 1. The van der Waals surface area contributed by atoms with Gasteiger partial charge in [-0.3, -0.25) is 4.79 Å². The summed E-state index contributed by atoms with van der Waals surface area (Å²) in [4.78, 5) is 16.0. The molecule has 1 aromatic carbocycles. The number of carbonyl (C=O) groups excluding carboxylic acids is 1. The molecule has 0 bridgehead atoms. The molecule has 2 rings (SSSR count). The van der Waals surface area contributed by atoms with Crippen molar-refractivity contribution in [2.24, 2.45) is 0 Å². The first-order valence-corrected chi connectivity index (χ1v) is 6.00. The van der Waals surface area contributed by atoms with E-state index in [4.69, 9.17) is 0 Å². The highest BCUT2D eigenvalue weighted by Crippen LogP contribution is 2.27. The minimum Gasteiger partial charge on any atom is -0.294 e. The van der Waals surface area contributed by atoms with Crippen molar-refractivity contribution in [1.82, 2.24) is 4.98 Å². The van der Waals surface area contributed by atoms with Crippen LogP contribution in [0.2, 0.25) is 0 Å². The van der Waals surface area contributed by atoms with Crippen LogP contribution in [0.5, 0.6) is 0 Å². The van der Waals surface area contributed by atoms with Crippen molar-refractivity contribution in [3.05, 3.63) is 39.8 Å². The van der Waals surface area contributed by atoms with Crippen molar-refractivity contribution < 1.29 is 4.79 Å². The summed E-state index contributed by atoms with van der Waals surface area (Å²) < 4.78 is 1.01. The van der Waals surface area contributed by atoms with Gasteiger partial charge in [-0.2, -0.15) is 0 Å². The minimum absolute atomic E-state index is 0.0637. The maximum absolute atomic E-state index is 11.1. The van der Waals surface area contributed by atoms with Crippen LogP contribution in [0.1, 0.15) is 16.6 Å². The lowest BCUT2D eigenvalue weighted by Crippen LogP contribution is -1.83. The predicted molar refractivity (Wildman–Crippen MR) is 65.3 cm³/mol. The average molecular weight is 282 g/mol. The SMILES string of the molecule is CC(=O)c1cnc(-c2cccc(Br)c2)s1. The molecule has 15 heavy (non-hydrogen) atoms. The van der Waals surface area contributed by atoms with Gasteiger partial charge in [0.25, 0.3) is 0 Å². The Labute approximate surface area is 100 Å². The zero-order valence-electron chi connectivity index (χ0n) is 8.03. The van der Waals surface area contributed by atoms with Gasteiger partial charge in [0.05, 0.1) is 4.88 Å². The van der Waals surface area contributed by atoms with Crippen LogP contribution in [0.15, 0.2) is 34.9 Å². The molecule has 2 nitrogen and oxygen atoms in total. The van der Waals surface area contributed by atoms with E-state index in [1.165, 1.54) is 11.3 Å². The lowest BCUT2D eigenvalue weighted by atomic mass is 10.2. The van der Waals surface area contributed by atoms with Crippen LogP contribution in [0, 0.1) is 0 Å². The van der Waals surface area contributed by atoms with Gasteiger partial charge in [-0.1, -0.05) is 28.1 Å². The number of Topliss-reactive ketones (excluding diaryl/α,β-unsaturated/α-hetero) is 1. The van der Waals surface area contributed by atoms with Gasteiger partial charge in [0.15, 0.2) is 5.78 Å². The molecule has 0 aliphatic rings. The van der Waals surface area contributed by atoms with Crippen molar-refractivity contribution in [2.75, 3.05) is 0 Å². The number of carbonyl (C=O) groups is 1. The van der Waals surface area contributed by atoms with Gasteiger partial charge in [0.2, 0.25) is 0 Å². The first-order valence-electron chi connectivity index (χ1n) is 4.39. The molecular weight excluding hydrogens is 274 g/mol. The van der Waals surface area contributed by atoms with Gasteiger partial charge >= 0.3 is 0 Å². The second-order valence-corrected chi connectivity index (χ2v) is 5.04. The molecule has 0 fully saturated rings. The largest absolute Gasteiger partial charge is 0.294 e. The van der Waals surface area contributed by atoms with Crippen molar-refractivity contribution in [1.29, 1.82) is 0 Å². The Morgan fingerprint density at radius 1 is 1.47 bits per heavy atom. The van der Waals surface area contributed by atoms with E-state index in [2.05, 4.69) is 20.9 Å². The number of hydrogen-bond acceptors (Lipinski definition) is 3. The average Bonchev–Trinajstić information content (AvgIpc) is 2.66. The Balaban J connectivity index is 2.41. The number of rotatable bonds is 2. The summed E-state index contributed by atoms with van der Waals surface area (Å²) >= 11 is 4.83. The van der Waals surface area contributed by atoms with Crippen molar-refractivity contribution in [3.8, 4) is 10.6 Å². The van der Waals surface area contributed by atoms with Crippen LogP contribution in [0.3, 0.4) is 0 Å². The maximum atomic E-state index is 11.1. The van der Waals surface area contributed by atoms with Crippen LogP contribution >= 0.6 is 27.3 Å². The first kappa shape index (κ1) is 10.5.